The van der Waals surface area contributed by atoms with Gasteiger partial charge in [0.15, 0.2) is 5.82 Å². The summed E-state index contributed by atoms with van der Waals surface area (Å²) in [5.74, 6) is 0.931. The molecule has 33 heavy (non-hydrogen) atoms. The van der Waals surface area contributed by atoms with Crippen LogP contribution in [-0.4, -0.2) is 50.2 Å². The molecule has 0 saturated carbocycles. The molecule has 1 aliphatic heterocycles. The molecule has 0 radical (unpaired) electrons. The van der Waals surface area contributed by atoms with Crippen molar-refractivity contribution in [3.8, 4) is 11.6 Å². The third-order valence-corrected chi connectivity index (χ3v) is 5.53. The Balaban J connectivity index is 1.44. The Morgan fingerprint density at radius 1 is 1.18 bits per heavy atom. The number of aryl methyl sites for hydroxylation is 1. The number of nitrogens with zero attached hydrogens (tertiary/aromatic N) is 6. The standard InChI is InChI=1S/C22H25F2N7O2/c1-3-25-22(32)17-5-4-12-30(17)19-10-11-20(28-27-19)33-13-18-14(2)26-29-31(18)16-8-6-15(7-9-16)21(23)24/h6-11,17,21H,3-5,12-13H2,1-2H3,(H,25,32). The van der Waals surface area contributed by atoms with E-state index >= 15 is 0 Å². The third-order valence-electron chi connectivity index (χ3n) is 5.53. The van der Waals surface area contributed by atoms with Crippen LogP contribution in [0.2, 0.25) is 0 Å². The Labute approximate surface area is 189 Å². The minimum atomic E-state index is -2.53. The highest BCUT2D eigenvalue weighted by molar-refractivity contribution is 5.85. The largest absolute Gasteiger partial charge is 0.470 e. The predicted molar refractivity (Wildman–Crippen MR) is 116 cm³/mol. The van der Waals surface area contributed by atoms with E-state index in [0.29, 0.717) is 35.3 Å². The number of rotatable bonds is 8. The Morgan fingerprint density at radius 3 is 2.64 bits per heavy atom. The van der Waals surface area contributed by atoms with Gasteiger partial charge in [-0.3, -0.25) is 4.79 Å². The van der Waals surface area contributed by atoms with Gasteiger partial charge in [0.05, 0.1) is 11.4 Å². The Hall–Kier alpha value is -3.63. The molecule has 1 fully saturated rings. The van der Waals surface area contributed by atoms with Crippen LogP contribution in [0.15, 0.2) is 36.4 Å². The van der Waals surface area contributed by atoms with Crippen LogP contribution >= 0.6 is 0 Å². The molecule has 0 aliphatic carbocycles. The van der Waals surface area contributed by atoms with Gasteiger partial charge in [0.1, 0.15) is 18.3 Å². The number of amides is 1. The van der Waals surface area contributed by atoms with E-state index in [1.807, 2.05) is 11.8 Å². The topological polar surface area (TPSA) is 98.1 Å². The molecular weight excluding hydrogens is 432 g/mol. The second-order valence-electron chi connectivity index (χ2n) is 7.69. The van der Waals surface area contributed by atoms with E-state index in [9.17, 15) is 13.6 Å². The zero-order valence-electron chi connectivity index (χ0n) is 18.4. The summed E-state index contributed by atoms with van der Waals surface area (Å²) in [6, 6.07) is 9.09. The lowest BCUT2D eigenvalue weighted by Gasteiger charge is -2.24. The van der Waals surface area contributed by atoms with Crippen LogP contribution in [0.3, 0.4) is 0 Å². The zero-order valence-corrected chi connectivity index (χ0v) is 18.4. The van der Waals surface area contributed by atoms with Crippen molar-refractivity contribution in [1.82, 2.24) is 30.5 Å². The molecule has 1 aromatic carbocycles. The molecule has 11 heteroatoms. The fraction of sp³-hybridized carbons (Fsp3) is 0.409. The molecule has 0 spiro atoms. The van der Waals surface area contributed by atoms with Crippen LogP contribution in [-0.2, 0) is 11.4 Å². The van der Waals surface area contributed by atoms with Crippen LogP contribution in [0, 0.1) is 6.92 Å². The molecule has 3 aromatic rings. The highest BCUT2D eigenvalue weighted by Crippen LogP contribution is 2.25. The van der Waals surface area contributed by atoms with Gasteiger partial charge in [0.25, 0.3) is 6.43 Å². The van der Waals surface area contributed by atoms with E-state index in [4.69, 9.17) is 4.74 Å². The number of benzene rings is 1. The van der Waals surface area contributed by atoms with Crippen molar-refractivity contribution in [2.45, 2.75) is 45.8 Å². The van der Waals surface area contributed by atoms with Crippen molar-refractivity contribution in [1.29, 1.82) is 0 Å². The first kappa shape index (κ1) is 22.6. The SMILES string of the molecule is CCNC(=O)C1CCCN1c1ccc(OCc2c(C)nnn2-c2ccc(C(F)F)cc2)nn1. The molecule has 4 rings (SSSR count). The maximum absolute atomic E-state index is 12.8. The number of carbonyl (C=O) groups is 1. The van der Waals surface area contributed by atoms with E-state index in [0.717, 1.165) is 19.4 Å². The molecule has 174 valence electrons. The Bertz CT molecular complexity index is 1090. The molecule has 1 unspecified atom stereocenters. The van der Waals surface area contributed by atoms with Crippen LogP contribution in [0.4, 0.5) is 14.6 Å². The number of anilines is 1. The predicted octanol–water partition coefficient (Wildman–Crippen LogP) is 2.99. The molecule has 2 aromatic heterocycles. The average Bonchev–Trinajstić information content (AvgIpc) is 3.45. The van der Waals surface area contributed by atoms with Crippen molar-refractivity contribution in [3.63, 3.8) is 0 Å². The molecule has 3 heterocycles. The normalized spacial score (nSPS) is 15.8. The van der Waals surface area contributed by atoms with Crippen molar-refractivity contribution in [2.24, 2.45) is 0 Å². The van der Waals surface area contributed by atoms with Crippen LogP contribution < -0.4 is 15.0 Å². The van der Waals surface area contributed by atoms with Crippen LogP contribution in [0.1, 0.15) is 43.1 Å². The maximum atomic E-state index is 12.8. The van der Waals surface area contributed by atoms with Gasteiger partial charge in [-0.15, -0.1) is 15.3 Å². The number of nitrogens with one attached hydrogen (secondary N) is 1. The minimum absolute atomic E-state index is 0.00468. The lowest BCUT2D eigenvalue weighted by molar-refractivity contribution is -0.122. The molecular formula is C22H25F2N7O2. The number of alkyl halides is 2. The van der Waals surface area contributed by atoms with Crippen molar-refractivity contribution in [3.05, 3.63) is 53.3 Å². The smallest absolute Gasteiger partial charge is 0.263 e. The number of hydrogen-bond acceptors (Lipinski definition) is 7. The summed E-state index contributed by atoms with van der Waals surface area (Å²) in [7, 11) is 0. The lowest BCUT2D eigenvalue weighted by atomic mass is 10.2. The van der Waals surface area contributed by atoms with Crippen molar-refractivity contribution < 1.29 is 18.3 Å². The highest BCUT2D eigenvalue weighted by Gasteiger charge is 2.31. The number of halogens is 2. The van der Waals surface area contributed by atoms with E-state index < -0.39 is 6.43 Å². The van der Waals surface area contributed by atoms with Crippen LogP contribution in [0.5, 0.6) is 5.88 Å². The quantitative estimate of drug-likeness (QED) is 0.555. The average molecular weight is 457 g/mol. The molecule has 1 atom stereocenters. The fourth-order valence-electron chi connectivity index (χ4n) is 3.80. The van der Waals surface area contributed by atoms with Gasteiger partial charge in [-0.2, -0.15) is 0 Å². The number of hydrogen-bond donors (Lipinski definition) is 1. The van der Waals surface area contributed by atoms with Crippen molar-refractivity contribution in [2.75, 3.05) is 18.0 Å². The Morgan fingerprint density at radius 2 is 1.97 bits per heavy atom. The van der Waals surface area contributed by atoms with E-state index in [-0.39, 0.29) is 24.1 Å². The van der Waals surface area contributed by atoms with Gasteiger partial charge in [0, 0.05) is 24.7 Å². The summed E-state index contributed by atoms with van der Waals surface area (Å²) in [6.45, 7) is 5.13. The monoisotopic (exact) mass is 457 g/mol. The highest BCUT2D eigenvalue weighted by atomic mass is 19.3. The molecule has 1 aliphatic rings. The van der Waals surface area contributed by atoms with E-state index in [1.165, 1.54) is 12.1 Å². The van der Waals surface area contributed by atoms with Gasteiger partial charge < -0.3 is 15.0 Å². The molecule has 1 amide bonds. The van der Waals surface area contributed by atoms with Gasteiger partial charge in [-0.1, -0.05) is 17.3 Å². The summed E-state index contributed by atoms with van der Waals surface area (Å²) < 4.78 is 33.0. The summed E-state index contributed by atoms with van der Waals surface area (Å²) in [4.78, 5) is 14.2. The first-order valence-corrected chi connectivity index (χ1v) is 10.8. The first-order chi connectivity index (χ1) is 16.0. The second-order valence-corrected chi connectivity index (χ2v) is 7.69. The summed E-state index contributed by atoms with van der Waals surface area (Å²) in [5, 5.41) is 19.4. The molecule has 1 saturated heterocycles. The van der Waals surface area contributed by atoms with Gasteiger partial charge in [-0.05, 0) is 44.9 Å². The number of aromatic nitrogens is 5. The third kappa shape index (κ3) is 4.91. The Kier molecular flexibility index (Phi) is 6.76. The van der Waals surface area contributed by atoms with E-state index in [1.54, 1.807) is 35.9 Å². The summed E-state index contributed by atoms with van der Waals surface area (Å²) in [6.07, 6.45) is -0.839. The zero-order chi connectivity index (χ0) is 23.4. The molecule has 0 bridgehead atoms. The number of ether oxygens (including phenoxy) is 1. The maximum Gasteiger partial charge on any atom is 0.263 e. The summed E-state index contributed by atoms with van der Waals surface area (Å²) in [5.41, 5.74) is 1.86. The molecule has 1 N–H and O–H groups in total. The van der Waals surface area contributed by atoms with Crippen LogP contribution in [0.25, 0.3) is 5.69 Å². The van der Waals surface area contributed by atoms with Crippen molar-refractivity contribution >= 4 is 11.7 Å². The minimum Gasteiger partial charge on any atom is -0.470 e. The summed E-state index contributed by atoms with van der Waals surface area (Å²) >= 11 is 0. The number of carbonyl (C=O) groups excluding carboxylic acids is 1. The first-order valence-electron chi connectivity index (χ1n) is 10.8. The lowest BCUT2D eigenvalue weighted by Crippen LogP contribution is -2.43. The van der Waals surface area contributed by atoms with Gasteiger partial charge in [0.2, 0.25) is 11.8 Å². The van der Waals surface area contributed by atoms with Gasteiger partial charge >= 0.3 is 0 Å². The van der Waals surface area contributed by atoms with Gasteiger partial charge in [-0.25, -0.2) is 13.5 Å². The van der Waals surface area contributed by atoms with E-state index in [2.05, 4.69) is 25.8 Å². The second kappa shape index (κ2) is 9.88. The fourth-order valence-corrected chi connectivity index (χ4v) is 3.80. The molecule has 9 nitrogen and oxygen atoms in total. The number of likely N-dealkylation sites (N-methyl/N-ethyl adjacent to an activating group) is 1.